The molecular formula is C12H17BrN2. The van der Waals surface area contributed by atoms with Crippen LogP contribution >= 0.6 is 15.9 Å². The Morgan fingerprint density at radius 1 is 1.53 bits per heavy atom. The van der Waals surface area contributed by atoms with Crippen molar-refractivity contribution < 1.29 is 0 Å². The number of rotatable bonds is 2. The van der Waals surface area contributed by atoms with E-state index in [1.54, 1.807) is 0 Å². The van der Waals surface area contributed by atoms with E-state index in [0.29, 0.717) is 6.04 Å². The zero-order valence-electron chi connectivity index (χ0n) is 9.04. The highest BCUT2D eigenvalue weighted by Crippen LogP contribution is 2.24. The van der Waals surface area contributed by atoms with Crippen molar-refractivity contribution in [2.75, 3.05) is 19.3 Å². The molecule has 1 aromatic rings. The first kappa shape index (κ1) is 11.0. The topological polar surface area (TPSA) is 29.3 Å². The molecule has 2 N–H and O–H groups in total. The average molecular weight is 269 g/mol. The Morgan fingerprint density at radius 2 is 2.33 bits per heavy atom. The molecule has 0 radical (unpaired) electrons. The van der Waals surface area contributed by atoms with Gasteiger partial charge in [-0.25, -0.2) is 0 Å². The van der Waals surface area contributed by atoms with E-state index < -0.39 is 0 Å². The molecule has 15 heavy (non-hydrogen) atoms. The van der Waals surface area contributed by atoms with Crippen molar-refractivity contribution in [1.29, 1.82) is 0 Å². The highest BCUT2D eigenvalue weighted by atomic mass is 79.9. The quantitative estimate of drug-likeness (QED) is 0.836. The van der Waals surface area contributed by atoms with Gasteiger partial charge in [0.1, 0.15) is 0 Å². The highest BCUT2D eigenvalue weighted by Gasteiger charge is 2.21. The third-order valence-electron chi connectivity index (χ3n) is 3.23. The third kappa shape index (κ3) is 2.52. The summed E-state index contributed by atoms with van der Waals surface area (Å²) in [6.45, 7) is 1.22. The summed E-state index contributed by atoms with van der Waals surface area (Å²) in [6, 6.07) is 6.79. The van der Waals surface area contributed by atoms with E-state index in [0.717, 1.165) is 16.6 Å². The third-order valence-corrected chi connectivity index (χ3v) is 3.73. The first-order chi connectivity index (χ1) is 7.16. The molecular weight excluding hydrogens is 252 g/mol. The van der Waals surface area contributed by atoms with Gasteiger partial charge in [-0.2, -0.15) is 0 Å². The van der Waals surface area contributed by atoms with Gasteiger partial charge < -0.3 is 10.6 Å². The van der Waals surface area contributed by atoms with E-state index >= 15 is 0 Å². The molecule has 1 unspecified atom stereocenters. The molecule has 3 heteroatoms. The van der Waals surface area contributed by atoms with Crippen LogP contribution in [0.15, 0.2) is 22.7 Å². The monoisotopic (exact) mass is 268 g/mol. The zero-order chi connectivity index (χ0) is 10.8. The second-order valence-electron chi connectivity index (χ2n) is 4.32. The second-order valence-corrected chi connectivity index (χ2v) is 5.24. The van der Waals surface area contributed by atoms with Crippen molar-refractivity contribution in [3.63, 3.8) is 0 Å². The Hall–Kier alpha value is -0.540. The summed E-state index contributed by atoms with van der Waals surface area (Å²) in [5, 5.41) is 0. The normalized spacial score (nSPS) is 22.1. The smallest absolute Gasteiger partial charge is 0.0347 e. The minimum atomic E-state index is 0.668. The fourth-order valence-electron chi connectivity index (χ4n) is 2.24. The van der Waals surface area contributed by atoms with Gasteiger partial charge in [0.25, 0.3) is 0 Å². The minimum Gasteiger partial charge on any atom is -0.399 e. The molecule has 0 aliphatic carbocycles. The van der Waals surface area contributed by atoms with Crippen LogP contribution < -0.4 is 5.73 Å². The Balaban J connectivity index is 2.12. The molecule has 1 aliphatic rings. The van der Waals surface area contributed by atoms with Gasteiger partial charge in [-0.3, -0.25) is 0 Å². The number of anilines is 1. The van der Waals surface area contributed by atoms with Crippen molar-refractivity contribution in [1.82, 2.24) is 4.90 Å². The Bertz CT molecular complexity index is 351. The molecule has 1 fully saturated rings. The first-order valence-electron chi connectivity index (χ1n) is 5.41. The van der Waals surface area contributed by atoms with Crippen LogP contribution in [0.5, 0.6) is 0 Å². The van der Waals surface area contributed by atoms with Gasteiger partial charge in [0.05, 0.1) is 0 Å². The maximum absolute atomic E-state index is 5.97. The maximum Gasteiger partial charge on any atom is 0.0347 e. The maximum atomic E-state index is 5.97. The number of nitrogens with two attached hydrogens (primary N) is 1. The molecule has 0 bridgehead atoms. The number of hydrogen-bond donors (Lipinski definition) is 1. The van der Waals surface area contributed by atoms with E-state index in [2.05, 4.69) is 33.9 Å². The van der Waals surface area contributed by atoms with Crippen LogP contribution in [0, 0.1) is 0 Å². The van der Waals surface area contributed by atoms with Crippen molar-refractivity contribution in [3.05, 3.63) is 28.2 Å². The molecule has 82 valence electrons. The largest absolute Gasteiger partial charge is 0.399 e. The molecule has 0 aromatic heterocycles. The van der Waals surface area contributed by atoms with Crippen molar-refractivity contribution in [3.8, 4) is 0 Å². The molecule has 0 saturated carbocycles. The lowest BCUT2D eigenvalue weighted by Gasteiger charge is -2.20. The summed E-state index contributed by atoms with van der Waals surface area (Å²) in [7, 11) is 2.20. The van der Waals surface area contributed by atoms with Crippen LogP contribution in [0.1, 0.15) is 18.4 Å². The van der Waals surface area contributed by atoms with Gasteiger partial charge in [0.2, 0.25) is 0 Å². The number of hydrogen-bond acceptors (Lipinski definition) is 2. The molecule has 2 nitrogen and oxygen atoms in total. The fraction of sp³-hybridized carbons (Fsp3) is 0.500. The summed E-state index contributed by atoms with van der Waals surface area (Å²) >= 11 is 3.49. The average Bonchev–Trinajstić information content (AvgIpc) is 2.58. The molecule has 1 aromatic carbocycles. The van der Waals surface area contributed by atoms with Crippen LogP contribution in [-0.2, 0) is 6.42 Å². The van der Waals surface area contributed by atoms with E-state index in [-0.39, 0.29) is 0 Å². The standard InChI is InChI=1S/C12H17BrN2/c1-15-6-2-3-11(15)8-9-7-10(13)4-5-12(9)14/h4-5,7,11H,2-3,6,8,14H2,1H3. The molecule has 0 spiro atoms. The van der Waals surface area contributed by atoms with E-state index in [1.165, 1.54) is 24.9 Å². The van der Waals surface area contributed by atoms with E-state index in [4.69, 9.17) is 5.73 Å². The predicted octanol–water partition coefficient (Wildman–Crippen LogP) is 2.67. The molecule has 1 atom stereocenters. The number of likely N-dealkylation sites (tertiary alicyclic amines) is 1. The summed E-state index contributed by atoms with van der Waals surface area (Å²) in [4.78, 5) is 2.43. The molecule has 1 saturated heterocycles. The summed E-state index contributed by atoms with van der Waals surface area (Å²) in [5.74, 6) is 0. The summed E-state index contributed by atoms with van der Waals surface area (Å²) < 4.78 is 1.12. The van der Waals surface area contributed by atoms with Crippen molar-refractivity contribution >= 4 is 21.6 Å². The van der Waals surface area contributed by atoms with Gasteiger partial charge in [-0.15, -0.1) is 0 Å². The number of nitrogens with zero attached hydrogens (tertiary/aromatic N) is 1. The zero-order valence-corrected chi connectivity index (χ0v) is 10.6. The Morgan fingerprint density at radius 3 is 3.00 bits per heavy atom. The van der Waals surface area contributed by atoms with Crippen LogP contribution in [0.2, 0.25) is 0 Å². The number of likely N-dealkylation sites (N-methyl/N-ethyl adjacent to an activating group) is 1. The summed E-state index contributed by atoms with van der Waals surface area (Å²) in [6.07, 6.45) is 3.68. The van der Waals surface area contributed by atoms with Gasteiger partial charge in [-0.1, -0.05) is 15.9 Å². The Kier molecular flexibility index (Phi) is 3.32. The lowest BCUT2D eigenvalue weighted by atomic mass is 10.0. The van der Waals surface area contributed by atoms with Crippen LogP contribution in [0.25, 0.3) is 0 Å². The first-order valence-corrected chi connectivity index (χ1v) is 6.20. The van der Waals surface area contributed by atoms with Gasteiger partial charge in [0.15, 0.2) is 0 Å². The van der Waals surface area contributed by atoms with Crippen molar-refractivity contribution in [2.24, 2.45) is 0 Å². The predicted molar refractivity (Wildman–Crippen MR) is 67.9 cm³/mol. The van der Waals surface area contributed by atoms with Gasteiger partial charge in [0, 0.05) is 16.2 Å². The van der Waals surface area contributed by atoms with E-state index in [9.17, 15) is 0 Å². The SMILES string of the molecule is CN1CCCC1Cc1cc(Br)ccc1N. The highest BCUT2D eigenvalue weighted by molar-refractivity contribution is 9.10. The molecule has 1 aliphatic heterocycles. The molecule has 0 amide bonds. The minimum absolute atomic E-state index is 0.668. The van der Waals surface area contributed by atoms with Crippen LogP contribution in [0.3, 0.4) is 0 Å². The lowest BCUT2D eigenvalue weighted by molar-refractivity contribution is 0.309. The lowest BCUT2D eigenvalue weighted by Crippen LogP contribution is -2.27. The molecule has 1 heterocycles. The Labute approximate surface area is 99.6 Å². The number of halogens is 1. The van der Waals surface area contributed by atoms with E-state index in [1.807, 2.05) is 12.1 Å². The second kappa shape index (κ2) is 4.54. The van der Waals surface area contributed by atoms with Crippen LogP contribution in [-0.4, -0.2) is 24.5 Å². The summed E-state index contributed by atoms with van der Waals surface area (Å²) in [5.41, 5.74) is 8.16. The van der Waals surface area contributed by atoms with Crippen molar-refractivity contribution in [2.45, 2.75) is 25.3 Å². The fourth-order valence-corrected chi connectivity index (χ4v) is 2.65. The van der Waals surface area contributed by atoms with Crippen LogP contribution in [0.4, 0.5) is 5.69 Å². The number of benzene rings is 1. The number of nitrogen functional groups attached to an aromatic ring is 1. The van der Waals surface area contributed by atoms with Gasteiger partial charge >= 0.3 is 0 Å². The van der Waals surface area contributed by atoms with Gasteiger partial charge in [-0.05, 0) is 56.6 Å². The molecule has 2 rings (SSSR count).